The van der Waals surface area contributed by atoms with Gasteiger partial charge in [-0.1, -0.05) is 337 Å². The number of unbranched alkanes of at least 4 members (excludes halogenated alkanes) is 20. The van der Waals surface area contributed by atoms with E-state index in [0.717, 1.165) is 11.4 Å². The summed E-state index contributed by atoms with van der Waals surface area (Å²) in [6.45, 7) is 28.5. The molecule has 0 saturated heterocycles. The van der Waals surface area contributed by atoms with Crippen molar-refractivity contribution in [2.24, 2.45) is 0 Å². The first kappa shape index (κ1) is 75.8. The zero-order valence-corrected chi connectivity index (χ0v) is 66.7. The SMILES string of the molecule is C=C/C=C\C=C(/C)C1=C(/C=C(\C)N(c2ccccc2)c2ccccc2)C(C)(C)c2cc3c(cc21)C(CCCCCCCC)(CCCCCCCC)c1cc2c(cc1-3)C(CCCCCCCC)(CCCCCCCC)c1cc3c(cc1-2)C(C)(C)c1cc(N(c2ccccc2)c2ccccc2)c2ccccc2c1-3. The standard InChI is InChI=1S/C104H124N2/c1-12-17-22-26-30-49-64-103(65-50-31-27-23-18-13-2)92-72-87-85-70-91-89(100-83-63-48-47-62-82(83)98(75-97(100)102(91,10)11)106(80-58-43-36-44-59-80)81-60-45-37-46-61-81)74-95(85)104(66-51-32-28-24-19-14-3,67-52-33-29-25-20-15-4)93(87)71-86(92)84-69-90-88(73-94(84)103)99(76(6)53-38-21-16-5)96(101(90,8)9)68-77(7)105(78-54-39-34-40-55-78)79-56-41-35-42-57-79/h16,21,34-48,53-63,68-75H,5,12-15,17-20,22-33,49-52,64-67H2,1-4,6-11H3/b38-21-,76-53+,77-68+. The van der Waals surface area contributed by atoms with Crippen LogP contribution in [0, 0.1) is 0 Å². The van der Waals surface area contributed by atoms with E-state index < -0.39 is 0 Å². The summed E-state index contributed by atoms with van der Waals surface area (Å²) in [4.78, 5) is 4.98. The van der Waals surface area contributed by atoms with E-state index in [1.807, 2.05) is 6.08 Å². The quantitative estimate of drug-likeness (QED) is 0.0281. The van der Waals surface area contributed by atoms with Gasteiger partial charge in [-0.15, -0.1) is 0 Å². The monoisotopic (exact) mass is 1400 g/mol. The second-order valence-corrected chi connectivity index (χ2v) is 33.2. The largest absolute Gasteiger partial charge is 0.315 e. The highest BCUT2D eigenvalue weighted by atomic mass is 15.1. The van der Waals surface area contributed by atoms with Gasteiger partial charge in [0.1, 0.15) is 0 Å². The van der Waals surface area contributed by atoms with Crippen LogP contribution in [-0.4, -0.2) is 0 Å². The summed E-state index contributed by atoms with van der Waals surface area (Å²) >= 11 is 0. The number of allylic oxidation sites excluding steroid dienone is 9. The number of para-hydroxylation sites is 4. The van der Waals surface area contributed by atoms with Gasteiger partial charge in [0.05, 0.1) is 5.69 Å². The van der Waals surface area contributed by atoms with Gasteiger partial charge in [0, 0.05) is 55.5 Å². The van der Waals surface area contributed by atoms with Crippen LogP contribution in [0.1, 0.15) is 294 Å². The molecule has 0 atom stereocenters. The van der Waals surface area contributed by atoms with Gasteiger partial charge >= 0.3 is 0 Å². The van der Waals surface area contributed by atoms with Gasteiger partial charge < -0.3 is 9.80 Å². The zero-order chi connectivity index (χ0) is 73.8. The Morgan fingerprint density at radius 1 is 0.349 bits per heavy atom. The molecule has 550 valence electrons. The van der Waals surface area contributed by atoms with Gasteiger partial charge in [0.15, 0.2) is 0 Å². The highest BCUT2D eigenvalue weighted by Gasteiger charge is 2.51. The molecule has 0 spiro atoms. The molecule has 0 radical (unpaired) electrons. The predicted octanol–water partition coefficient (Wildman–Crippen LogP) is 31.6. The summed E-state index contributed by atoms with van der Waals surface area (Å²) in [5.74, 6) is 0. The smallest absolute Gasteiger partial charge is 0.0543 e. The molecule has 106 heavy (non-hydrogen) atoms. The molecule has 0 heterocycles. The van der Waals surface area contributed by atoms with Crippen LogP contribution in [0.4, 0.5) is 28.4 Å². The van der Waals surface area contributed by atoms with E-state index in [1.165, 1.54) is 280 Å². The molecule has 9 aromatic carbocycles. The van der Waals surface area contributed by atoms with Crippen LogP contribution in [0.5, 0.6) is 0 Å². The fourth-order valence-electron chi connectivity index (χ4n) is 19.8. The molecule has 0 aliphatic heterocycles. The average Bonchev–Trinajstić information content (AvgIpc) is 1.51. The average molecular weight is 1400 g/mol. The van der Waals surface area contributed by atoms with Gasteiger partial charge in [-0.3, -0.25) is 0 Å². The van der Waals surface area contributed by atoms with Crippen LogP contribution in [-0.2, 0) is 21.7 Å². The van der Waals surface area contributed by atoms with Crippen LogP contribution in [0.2, 0.25) is 0 Å². The number of nitrogens with zero attached hydrogens (tertiary/aromatic N) is 2. The third-order valence-electron chi connectivity index (χ3n) is 25.5. The van der Waals surface area contributed by atoms with Crippen LogP contribution >= 0.6 is 0 Å². The Bertz CT molecular complexity index is 4510. The molecule has 4 aliphatic carbocycles. The number of fused-ring (bicyclic) bond motifs is 12. The Balaban J connectivity index is 1.06. The van der Waals surface area contributed by atoms with Crippen LogP contribution in [0.3, 0.4) is 0 Å². The first-order valence-electron chi connectivity index (χ1n) is 42.1. The van der Waals surface area contributed by atoms with Crippen LogP contribution in [0.25, 0.3) is 49.7 Å². The van der Waals surface area contributed by atoms with Crippen molar-refractivity contribution in [2.45, 2.75) is 271 Å². The Kier molecular flexibility index (Phi) is 24.4. The maximum absolute atomic E-state index is 4.13. The lowest BCUT2D eigenvalue weighted by molar-refractivity contribution is 0.394. The lowest BCUT2D eigenvalue weighted by atomic mass is 9.68. The van der Waals surface area contributed by atoms with Gasteiger partial charge in [-0.25, -0.2) is 0 Å². The minimum absolute atomic E-state index is 0.154. The van der Waals surface area contributed by atoms with E-state index in [2.05, 4.69) is 298 Å². The van der Waals surface area contributed by atoms with Crippen molar-refractivity contribution in [3.05, 3.63) is 286 Å². The highest BCUT2D eigenvalue weighted by molar-refractivity contribution is 6.11. The lowest BCUT2D eigenvalue weighted by Crippen LogP contribution is -2.27. The molecule has 2 heteroatoms. The number of benzene rings is 9. The zero-order valence-electron chi connectivity index (χ0n) is 66.7. The van der Waals surface area contributed by atoms with E-state index in [9.17, 15) is 0 Å². The summed E-state index contributed by atoms with van der Waals surface area (Å²) < 4.78 is 0. The maximum Gasteiger partial charge on any atom is 0.0543 e. The summed E-state index contributed by atoms with van der Waals surface area (Å²) in [6, 6.07) is 73.4. The molecule has 0 bridgehead atoms. The van der Waals surface area contributed by atoms with Gasteiger partial charge in [-0.2, -0.15) is 0 Å². The van der Waals surface area contributed by atoms with Crippen LogP contribution < -0.4 is 9.80 Å². The maximum atomic E-state index is 4.13. The molecule has 0 amide bonds. The van der Waals surface area contributed by atoms with E-state index in [4.69, 9.17) is 0 Å². The Morgan fingerprint density at radius 3 is 1.11 bits per heavy atom. The molecule has 0 N–H and O–H groups in total. The predicted molar refractivity (Wildman–Crippen MR) is 462 cm³/mol. The summed E-state index contributed by atoms with van der Waals surface area (Å²) in [6.07, 6.45) is 46.7. The van der Waals surface area contributed by atoms with Crippen molar-refractivity contribution in [3.8, 4) is 33.4 Å². The van der Waals surface area contributed by atoms with E-state index >= 15 is 0 Å². The van der Waals surface area contributed by atoms with E-state index in [1.54, 1.807) is 27.8 Å². The number of hydrogen-bond donors (Lipinski definition) is 0. The minimum atomic E-state index is -0.330. The van der Waals surface area contributed by atoms with Crippen molar-refractivity contribution in [1.29, 1.82) is 0 Å². The molecule has 9 aromatic rings. The van der Waals surface area contributed by atoms with Gasteiger partial charge in [0.25, 0.3) is 0 Å². The molecule has 0 aromatic heterocycles. The van der Waals surface area contributed by atoms with E-state index in [0.29, 0.717) is 0 Å². The van der Waals surface area contributed by atoms with Crippen molar-refractivity contribution in [3.63, 3.8) is 0 Å². The van der Waals surface area contributed by atoms with Crippen LogP contribution in [0.15, 0.2) is 242 Å². The normalized spacial score (nSPS) is 15.4. The van der Waals surface area contributed by atoms with Crippen molar-refractivity contribution in [1.82, 2.24) is 0 Å². The third-order valence-corrected chi connectivity index (χ3v) is 25.5. The van der Waals surface area contributed by atoms with Gasteiger partial charge in [0.2, 0.25) is 0 Å². The minimum Gasteiger partial charge on any atom is -0.315 e. The molecule has 2 nitrogen and oxygen atoms in total. The second kappa shape index (κ2) is 34.2. The Labute approximate surface area is 641 Å². The molecule has 4 aliphatic rings. The third kappa shape index (κ3) is 14.9. The summed E-state index contributed by atoms with van der Waals surface area (Å²) in [7, 11) is 0. The molecule has 13 rings (SSSR count). The van der Waals surface area contributed by atoms with Crippen molar-refractivity contribution < 1.29 is 0 Å². The van der Waals surface area contributed by atoms with Crippen molar-refractivity contribution in [2.75, 3.05) is 9.80 Å². The summed E-state index contributed by atoms with van der Waals surface area (Å²) in [5.41, 5.74) is 31.4. The fourth-order valence-corrected chi connectivity index (χ4v) is 19.8. The first-order valence-corrected chi connectivity index (χ1v) is 42.1. The molecular formula is C104H124N2. The molecule has 0 unspecified atom stereocenters. The highest BCUT2D eigenvalue weighted by Crippen LogP contribution is 2.66. The van der Waals surface area contributed by atoms with Gasteiger partial charge in [-0.05, 0) is 237 Å². The number of hydrogen-bond acceptors (Lipinski definition) is 2. The fraction of sp³-hybridized carbons (Fsp3) is 0.404. The number of rotatable bonds is 38. The molecular weight excluding hydrogens is 1280 g/mol. The molecule has 0 saturated carbocycles. The Hall–Kier alpha value is -8.46. The molecule has 0 fully saturated rings. The first-order chi connectivity index (χ1) is 51.8. The van der Waals surface area contributed by atoms with Crippen molar-refractivity contribution >= 4 is 44.8 Å². The van der Waals surface area contributed by atoms with E-state index in [-0.39, 0.29) is 21.7 Å². The Morgan fingerprint density at radius 2 is 0.698 bits per heavy atom. The number of anilines is 5. The topological polar surface area (TPSA) is 6.48 Å². The lowest BCUT2D eigenvalue weighted by Gasteiger charge is -2.35. The summed E-state index contributed by atoms with van der Waals surface area (Å²) in [5, 5.41) is 2.64. The second-order valence-electron chi connectivity index (χ2n) is 33.2.